The Morgan fingerprint density at radius 1 is 1.39 bits per heavy atom. The minimum Gasteiger partial charge on any atom is -0.364 e. The molecule has 5 nitrogen and oxygen atoms in total. The van der Waals surface area contributed by atoms with E-state index in [1.807, 2.05) is 18.5 Å². The van der Waals surface area contributed by atoms with Gasteiger partial charge in [-0.25, -0.2) is 4.98 Å². The normalized spacial score (nSPS) is 12.4. The quantitative estimate of drug-likeness (QED) is 0.923. The molecule has 0 radical (unpaired) electrons. The molecule has 1 atom stereocenters. The van der Waals surface area contributed by atoms with E-state index in [2.05, 4.69) is 33.4 Å². The number of hydrogen-bond donors (Lipinski definition) is 1. The van der Waals surface area contributed by atoms with E-state index in [4.69, 9.17) is 11.6 Å². The smallest absolute Gasteiger partial charge is 0.149 e. The van der Waals surface area contributed by atoms with E-state index in [1.165, 1.54) is 6.20 Å². The maximum Gasteiger partial charge on any atom is 0.149 e. The van der Waals surface area contributed by atoms with Gasteiger partial charge in [0, 0.05) is 11.7 Å². The molecule has 6 heteroatoms. The van der Waals surface area contributed by atoms with Crippen molar-refractivity contribution >= 4 is 17.4 Å². The Kier molecular flexibility index (Phi) is 3.81. The third-order valence-electron chi connectivity index (χ3n) is 2.55. The topological polar surface area (TPSA) is 55.6 Å². The molecule has 2 aromatic heterocycles. The first kappa shape index (κ1) is 12.8. The number of hydrogen-bond acceptors (Lipinski definition) is 4. The van der Waals surface area contributed by atoms with Crippen molar-refractivity contribution in [2.75, 3.05) is 5.32 Å². The molecule has 0 saturated heterocycles. The van der Waals surface area contributed by atoms with E-state index < -0.39 is 0 Å². The molecule has 2 aromatic rings. The fourth-order valence-electron chi connectivity index (χ4n) is 1.83. The summed E-state index contributed by atoms with van der Waals surface area (Å²) in [6.45, 7) is 6.88. The maximum atomic E-state index is 5.79. The number of rotatable bonds is 4. The Bertz CT molecular complexity index is 537. The molecule has 0 aromatic carbocycles. The number of aryl methyl sites for hydroxylation is 2. The Morgan fingerprint density at radius 2 is 2.17 bits per heavy atom. The van der Waals surface area contributed by atoms with Gasteiger partial charge in [-0.05, 0) is 26.8 Å². The van der Waals surface area contributed by atoms with E-state index in [-0.39, 0.29) is 6.04 Å². The second-order valence-corrected chi connectivity index (χ2v) is 4.77. The summed E-state index contributed by atoms with van der Waals surface area (Å²) >= 11 is 5.79. The SMILES string of the molecule is Cc1cc(C)n(C[C@H](C)Nc2cncc(Cl)n2)n1. The van der Waals surface area contributed by atoms with Crippen molar-refractivity contribution in [3.05, 3.63) is 35.0 Å². The summed E-state index contributed by atoms with van der Waals surface area (Å²) in [6.07, 6.45) is 3.17. The molecule has 0 unspecified atom stereocenters. The molecule has 0 saturated carbocycles. The van der Waals surface area contributed by atoms with Gasteiger partial charge < -0.3 is 5.32 Å². The Labute approximate surface area is 111 Å². The Hall–Kier alpha value is -1.62. The van der Waals surface area contributed by atoms with Crippen LogP contribution in [0.15, 0.2) is 18.5 Å². The van der Waals surface area contributed by atoms with Crippen LogP contribution in [0.4, 0.5) is 5.82 Å². The lowest BCUT2D eigenvalue weighted by Gasteiger charge is -2.15. The first-order chi connectivity index (χ1) is 8.54. The fourth-order valence-corrected chi connectivity index (χ4v) is 1.98. The van der Waals surface area contributed by atoms with Crippen LogP contribution in [0.2, 0.25) is 5.15 Å². The highest BCUT2D eigenvalue weighted by atomic mass is 35.5. The van der Waals surface area contributed by atoms with E-state index in [9.17, 15) is 0 Å². The van der Waals surface area contributed by atoms with E-state index in [1.54, 1.807) is 6.20 Å². The van der Waals surface area contributed by atoms with Crippen molar-refractivity contribution in [3.63, 3.8) is 0 Å². The van der Waals surface area contributed by atoms with Crippen LogP contribution in [-0.2, 0) is 6.54 Å². The molecule has 0 amide bonds. The molecule has 96 valence electrons. The number of nitrogens with one attached hydrogen (secondary N) is 1. The third-order valence-corrected chi connectivity index (χ3v) is 2.73. The minimum atomic E-state index is 0.191. The summed E-state index contributed by atoms with van der Waals surface area (Å²) in [5, 5.41) is 8.06. The summed E-state index contributed by atoms with van der Waals surface area (Å²) in [5.74, 6) is 0.677. The lowest BCUT2D eigenvalue weighted by molar-refractivity contribution is 0.544. The van der Waals surface area contributed by atoms with Gasteiger partial charge in [0.15, 0.2) is 0 Å². The average molecular weight is 266 g/mol. The Morgan fingerprint density at radius 3 is 2.78 bits per heavy atom. The third kappa shape index (κ3) is 3.20. The molecule has 0 spiro atoms. The van der Waals surface area contributed by atoms with Crippen LogP contribution < -0.4 is 5.32 Å². The first-order valence-electron chi connectivity index (χ1n) is 5.80. The molecule has 18 heavy (non-hydrogen) atoms. The zero-order valence-corrected chi connectivity index (χ0v) is 11.4. The average Bonchev–Trinajstić information content (AvgIpc) is 2.57. The molecular formula is C12H16ClN5. The van der Waals surface area contributed by atoms with Gasteiger partial charge in [0.1, 0.15) is 11.0 Å². The molecule has 0 aliphatic rings. The molecule has 0 aliphatic heterocycles. The molecule has 1 N–H and O–H groups in total. The molecule has 0 aliphatic carbocycles. The summed E-state index contributed by atoms with van der Waals surface area (Å²) in [7, 11) is 0. The predicted octanol–water partition coefficient (Wildman–Crippen LogP) is 2.44. The maximum absolute atomic E-state index is 5.79. The molecule has 0 fully saturated rings. The lowest BCUT2D eigenvalue weighted by atomic mass is 10.3. The van der Waals surface area contributed by atoms with Crippen LogP contribution >= 0.6 is 11.6 Å². The fraction of sp³-hybridized carbons (Fsp3) is 0.417. The molecule has 2 rings (SSSR count). The number of aromatic nitrogens is 4. The standard InChI is InChI=1S/C12H16ClN5/c1-8-4-10(3)18(17-8)7-9(2)15-12-6-14-5-11(13)16-12/h4-6,9H,7H2,1-3H3,(H,15,16)/t9-/m0/s1. The molecule has 2 heterocycles. The first-order valence-corrected chi connectivity index (χ1v) is 6.17. The van der Waals surface area contributed by atoms with Crippen molar-refractivity contribution in [1.29, 1.82) is 0 Å². The van der Waals surface area contributed by atoms with Gasteiger partial charge in [-0.15, -0.1) is 0 Å². The predicted molar refractivity (Wildman–Crippen MR) is 71.8 cm³/mol. The zero-order chi connectivity index (χ0) is 13.1. The van der Waals surface area contributed by atoms with Gasteiger partial charge in [-0.2, -0.15) is 5.10 Å². The highest BCUT2D eigenvalue weighted by molar-refractivity contribution is 6.29. The second-order valence-electron chi connectivity index (χ2n) is 4.38. The van der Waals surface area contributed by atoms with E-state index in [0.29, 0.717) is 11.0 Å². The van der Waals surface area contributed by atoms with Crippen LogP contribution in [0.5, 0.6) is 0 Å². The minimum absolute atomic E-state index is 0.191. The van der Waals surface area contributed by atoms with E-state index in [0.717, 1.165) is 17.9 Å². The van der Waals surface area contributed by atoms with Crippen molar-refractivity contribution in [3.8, 4) is 0 Å². The highest BCUT2D eigenvalue weighted by Gasteiger charge is 2.08. The number of halogens is 1. The van der Waals surface area contributed by atoms with Gasteiger partial charge in [0.05, 0.1) is 24.6 Å². The van der Waals surface area contributed by atoms with Gasteiger partial charge in [-0.1, -0.05) is 11.6 Å². The van der Waals surface area contributed by atoms with Crippen LogP contribution in [0.3, 0.4) is 0 Å². The Balaban J connectivity index is 2.00. The number of nitrogens with zero attached hydrogens (tertiary/aromatic N) is 4. The largest absolute Gasteiger partial charge is 0.364 e. The van der Waals surface area contributed by atoms with E-state index >= 15 is 0 Å². The van der Waals surface area contributed by atoms with Crippen LogP contribution in [0.25, 0.3) is 0 Å². The summed E-state index contributed by atoms with van der Waals surface area (Å²) in [4.78, 5) is 8.13. The molecule has 0 bridgehead atoms. The zero-order valence-electron chi connectivity index (χ0n) is 10.7. The molecular weight excluding hydrogens is 250 g/mol. The number of anilines is 1. The van der Waals surface area contributed by atoms with Crippen molar-refractivity contribution in [2.45, 2.75) is 33.4 Å². The monoisotopic (exact) mass is 265 g/mol. The van der Waals surface area contributed by atoms with Gasteiger partial charge >= 0.3 is 0 Å². The summed E-state index contributed by atoms with van der Waals surface area (Å²) in [5.41, 5.74) is 2.18. The second kappa shape index (κ2) is 5.35. The van der Waals surface area contributed by atoms with Crippen molar-refractivity contribution in [2.24, 2.45) is 0 Å². The summed E-state index contributed by atoms with van der Waals surface area (Å²) < 4.78 is 1.98. The van der Waals surface area contributed by atoms with Crippen LogP contribution in [-0.4, -0.2) is 25.8 Å². The van der Waals surface area contributed by atoms with Crippen molar-refractivity contribution in [1.82, 2.24) is 19.7 Å². The van der Waals surface area contributed by atoms with Gasteiger partial charge in [0.2, 0.25) is 0 Å². The lowest BCUT2D eigenvalue weighted by Crippen LogP contribution is -2.23. The van der Waals surface area contributed by atoms with Gasteiger partial charge in [0.25, 0.3) is 0 Å². The van der Waals surface area contributed by atoms with Crippen LogP contribution in [0.1, 0.15) is 18.3 Å². The summed E-state index contributed by atoms with van der Waals surface area (Å²) in [6, 6.07) is 2.25. The highest BCUT2D eigenvalue weighted by Crippen LogP contribution is 2.09. The van der Waals surface area contributed by atoms with Gasteiger partial charge in [-0.3, -0.25) is 9.67 Å². The van der Waals surface area contributed by atoms with Crippen LogP contribution in [0, 0.1) is 13.8 Å². The van der Waals surface area contributed by atoms with Crippen molar-refractivity contribution < 1.29 is 0 Å².